The molecule has 1 aromatic rings. The van der Waals surface area contributed by atoms with Crippen molar-refractivity contribution in [3.8, 4) is 11.5 Å². The third kappa shape index (κ3) is 5.43. The van der Waals surface area contributed by atoms with Crippen LogP contribution in [0.25, 0.3) is 6.08 Å². The first-order valence-corrected chi connectivity index (χ1v) is 17.2. The summed E-state index contributed by atoms with van der Waals surface area (Å²) in [5, 5.41) is 31.1. The smallest absolute Gasteiger partial charge is 0.331 e. The summed E-state index contributed by atoms with van der Waals surface area (Å²) < 4.78 is 6.16. The lowest BCUT2D eigenvalue weighted by Gasteiger charge is -2.70. The van der Waals surface area contributed by atoms with Crippen LogP contribution < -0.4 is 0 Å². The molecular weight excluding hydrogens is 548 g/mol. The number of allylic oxidation sites excluding steroid dienone is 2. The summed E-state index contributed by atoms with van der Waals surface area (Å²) in [4.78, 5) is 13.0. The van der Waals surface area contributed by atoms with E-state index < -0.39 is 5.60 Å². The molecule has 244 valence electrons. The first-order valence-electron chi connectivity index (χ1n) is 17.2. The van der Waals surface area contributed by atoms with E-state index >= 15 is 0 Å². The molecule has 0 saturated heterocycles. The number of aliphatic hydroxyl groups is 1. The van der Waals surface area contributed by atoms with Crippen molar-refractivity contribution in [1.29, 1.82) is 0 Å². The molecule has 3 N–H and O–H groups in total. The summed E-state index contributed by atoms with van der Waals surface area (Å²) in [5.41, 5.74) is 1.86. The number of hydrogen-bond acceptors (Lipinski definition) is 5. The van der Waals surface area contributed by atoms with Gasteiger partial charge in [0.05, 0.1) is 5.60 Å². The van der Waals surface area contributed by atoms with E-state index in [2.05, 4.69) is 61.5 Å². The molecule has 5 heteroatoms. The van der Waals surface area contributed by atoms with Crippen LogP contribution in [0.4, 0.5) is 0 Å². The molecule has 4 fully saturated rings. The standard InChI is InChI=1S/C39H58O5/c1-25(2)10-9-20-39(8,43)28-17-22-37(6)27(28)13-15-32-36(5)21-19-33(35(3,4)31(36)18-23-38(32,37)7)44-34(42)16-12-26-11-14-29(40)30(41)24-26/h10-12,14,16,24,27-28,31-33,40-41,43H,9,13,15,17-23H2,1-8H3/b16-12+/t27?,28?,31?,32?,33-,36-,37+,38+,39+/m0/s1. The maximum absolute atomic E-state index is 13.0. The Kier molecular flexibility index (Phi) is 8.66. The monoisotopic (exact) mass is 606 g/mol. The van der Waals surface area contributed by atoms with E-state index in [-0.39, 0.29) is 45.2 Å². The maximum Gasteiger partial charge on any atom is 0.331 e. The molecule has 0 aromatic heterocycles. The summed E-state index contributed by atoms with van der Waals surface area (Å²) in [6.07, 6.45) is 16.0. The fourth-order valence-corrected chi connectivity index (χ4v) is 11.5. The number of hydrogen-bond donors (Lipinski definition) is 3. The highest BCUT2D eigenvalue weighted by atomic mass is 16.5. The Morgan fingerprint density at radius 2 is 1.64 bits per heavy atom. The molecule has 0 radical (unpaired) electrons. The molecule has 0 spiro atoms. The van der Waals surface area contributed by atoms with E-state index in [9.17, 15) is 20.1 Å². The number of phenolic OH excluding ortho intramolecular Hbond substituents is 2. The summed E-state index contributed by atoms with van der Waals surface area (Å²) in [6.45, 7) is 18.8. The Hall–Kier alpha value is -2.27. The number of esters is 1. The second kappa shape index (κ2) is 11.5. The highest BCUT2D eigenvalue weighted by Crippen LogP contribution is 2.76. The molecular formula is C39H58O5. The molecule has 0 amide bonds. The molecule has 5 nitrogen and oxygen atoms in total. The van der Waals surface area contributed by atoms with E-state index in [1.165, 1.54) is 49.5 Å². The molecule has 4 saturated carbocycles. The van der Waals surface area contributed by atoms with Crippen LogP contribution in [0.5, 0.6) is 11.5 Å². The van der Waals surface area contributed by atoms with Crippen LogP contribution in [0, 0.1) is 45.3 Å². The van der Waals surface area contributed by atoms with Gasteiger partial charge in [0.1, 0.15) is 6.10 Å². The number of carbonyl (C=O) groups excluding carboxylic acids is 1. The number of fused-ring (bicyclic) bond motifs is 5. The number of phenols is 2. The number of ether oxygens (including phenoxy) is 1. The first-order chi connectivity index (χ1) is 20.5. The van der Waals surface area contributed by atoms with Gasteiger partial charge in [0.25, 0.3) is 0 Å². The fraction of sp³-hybridized carbons (Fsp3) is 0.718. The maximum atomic E-state index is 13.0. The van der Waals surface area contributed by atoms with E-state index in [1.54, 1.807) is 12.1 Å². The normalized spacial score (nSPS) is 39.1. The summed E-state index contributed by atoms with van der Waals surface area (Å²) in [7, 11) is 0. The highest BCUT2D eigenvalue weighted by Gasteiger charge is 2.69. The van der Waals surface area contributed by atoms with Crippen LogP contribution >= 0.6 is 0 Å². The van der Waals surface area contributed by atoms with Gasteiger partial charge < -0.3 is 20.1 Å². The topological polar surface area (TPSA) is 87.0 Å². The number of benzene rings is 1. The van der Waals surface area contributed by atoms with E-state index in [0.29, 0.717) is 29.2 Å². The summed E-state index contributed by atoms with van der Waals surface area (Å²) in [5.74, 6) is 1.28. The zero-order valence-electron chi connectivity index (χ0n) is 28.6. The van der Waals surface area contributed by atoms with Crippen molar-refractivity contribution in [3.05, 3.63) is 41.5 Å². The summed E-state index contributed by atoms with van der Waals surface area (Å²) >= 11 is 0. The van der Waals surface area contributed by atoms with Crippen LogP contribution in [0.1, 0.15) is 125 Å². The Labute approximate surface area is 266 Å². The van der Waals surface area contributed by atoms with Gasteiger partial charge in [0.15, 0.2) is 11.5 Å². The third-order valence-corrected chi connectivity index (χ3v) is 14.0. The van der Waals surface area contributed by atoms with Crippen molar-refractivity contribution in [3.63, 3.8) is 0 Å². The average Bonchev–Trinajstić information content (AvgIpc) is 3.30. The van der Waals surface area contributed by atoms with E-state index in [1.807, 2.05) is 0 Å². The molecule has 4 unspecified atom stereocenters. The van der Waals surface area contributed by atoms with Gasteiger partial charge in [-0.2, -0.15) is 0 Å². The Bertz CT molecular complexity index is 1300. The largest absolute Gasteiger partial charge is 0.504 e. The van der Waals surface area contributed by atoms with Crippen molar-refractivity contribution >= 4 is 12.0 Å². The van der Waals surface area contributed by atoms with Gasteiger partial charge in [0, 0.05) is 11.5 Å². The Morgan fingerprint density at radius 3 is 2.32 bits per heavy atom. The first kappa shape index (κ1) is 33.1. The Balaban J connectivity index is 1.31. The fourth-order valence-electron chi connectivity index (χ4n) is 11.5. The average molecular weight is 607 g/mol. The number of carbonyl (C=O) groups is 1. The van der Waals surface area contributed by atoms with Gasteiger partial charge in [-0.1, -0.05) is 52.3 Å². The van der Waals surface area contributed by atoms with Crippen LogP contribution in [0.15, 0.2) is 35.9 Å². The molecule has 0 bridgehead atoms. The van der Waals surface area contributed by atoms with Crippen LogP contribution in [0.2, 0.25) is 0 Å². The van der Waals surface area contributed by atoms with Crippen molar-refractivity contribution < 1.29 is 24.9 Å². The SMILES string of the molecule is CC(C)=CCC[C@@](C)(O)C1CC[C@]2(C)C1CCC1[C@@]3(C)CC[C@H](OC(=O)/C=C/c4ccc(O)c(O)c4)C(C)(C)C3CC[C@]12C. The van der Waals surface area contributed by atoms with Crippen LogP contribution in [-0.4, -0.2) is 33.0 Å². The Morgan fingerprint density at radius 1 is 0.932 bits per heavy atom. The highest BCUT2D eigenvalue weighted by molar-refractivity contribution is 5.87. The van der Waals surface area contributed by atoms with Gasteiger partial charge >= 0.3 is 5.97 Å². The quantitative estimate of drug-likeness (QED) is 0.125. The predicted octanol–water partition coefficient (Wildman–Crippen LogP) is 9.21. The predicted molar refractivity (Wildman–Crippen MR) is 177 cm³/mol. The van der Waals surface area contributed by atoms with Crippen molar-refractivity contribution in [2.75, 3.05) is 0 Å². The van der Waals surface area contributed by atoms with Gasteiger partial charge in [0.2, 0.25) is 0 Å². The molecule has 9 atom stereocenters. The van der Waals surface area contributed by atoms with Crippen molar-refractivity contribution in [2.24, 2.45) is 45.3 Å². The minimum atomic E-state index is -0.625. The minimum absolute atomic E-state index is 0.140. The lowest BCUT2D eigenvalue weighted by Crippen LogP contribution is -2.64. The molecule has 44 heavy (non-hydrogen) atoms. The zero-order valence-corrected chi connectivity index (χ0v) is 28.6. The molecule has 5 rings (SSSR count). The van der Waals surface area contributed by atoms with Gasteiger partial charge in [-0.05, 0) is 149 Å². The number of rotatable bonds is 7. The van der Waals surface area contributed by atoms with Gasteiger partial charge in [-0.15, -0.1) is 0 Å². The second-order valence-electron chi connectivity index (χ2n) is 16.9. The van der Waals surface area contributed by atoms with Crippen molar-refractivity contribution in [2.45, 2.75) is 131 Å². The number of aromatic hydroxyl groups is 2. The lowest BCUT2D eigenvalue weighted by atomic mass is 9.35. The molecule has 0 aliphatic heterocycles. The van der Waals surface area contributed by atoms with Crippen LogP contribution in [-0.2, 0) is 9.53 Å². The molecule has 0 heterocycles. The van der Waals surface area contributed by atoms with E-state index in [4.69, 9.17) is 4.74 Å². The molecule has 4 aliphatic rings. The zero-order chi connectivity index (χ0) is 32.3. The van der Waals surface area contributed by atoms with Crippen molar-refractivity contribution in [1.82, 2.24) is 0 Å². The van der Waals surface area contributed by atoms with E-state index in [0.717, 1.165) is 38.5 Å². The van der Waals surface area contributed by atoms with Gasteiger partial charge in [-0.25, -0.2) is 4.79 Å². The van der Waals surface area contributed by atoms with Crippen LogP contribution in [0.3, 0.4) is 0 Å². The lowest BCUT2D eigenvalue weighted by molar-refractivity contribution is -0.229. The second-order valence-corrected chi connectivity index (χ2v) is 16.9. The molecule has 4 aliphatic carbocycles. The minimum Gasteiger partial charge on any atom is -0.504 e. The third-order valence-electron chi connectivity index (χ3n) is 14.0. The van der Waals surface area contributed by atoms with Gasteiger partial charge in [-0.3, -0.25) is 0 Å². The summed E-state index contributed by atoms with van der Waals surface area (Å²) in [6, 6.07) is 4.50. The molecule has 1 aromatic carbocycles.